The molecule has 4 aromatic heterocycles. The third kappa shape index (κ3) is 3.38. The molecule has 1 unspecified atom stereocenters. The molecule has 5 heterocycles. The highest BCUT2D eigenvalue weighted by molar-refractivity contribution is 5.58. The molecule has 8 nitrogen and oxygen atoms in total. The normalized spacial score (nSPS) is 17.0. The number of hydrogen-bond acceptors (Lipinski definition) is 6. The van der Waals surface area contributed by atoms with Crippen molar-refractivity contribution in [2.45, 2.75) is 45.1 Å². The maximum Gasteiger partial charge on any atom is 0.231 e. The van der Waals surface area contributed by atoms with Crippen LogP contribution in [-0.2, 0) is 5.41 Å². The van der Waals surface area contributed by atoms with Crippen LogP contribution in [0.3, 0.4) is 0 Å². The van der Waals surface area contributed by atoms with Gasteiger partial charge in [-0.3, -0.25) is 14.5 Å². The van der Waals surface area contributed by atoms with Crippen LogP contribution in [0.1, 0.15) is 51.0 Å². The van der Waals surface area contributed by atoms with E-state index >= 15 is 0 Å². The van der Waals surface area contributed by atoms with Crippen molar-refractivity contribution in [1.82, 2.24) is 29.5 Å². The molecule has 0 amide bonds. The average molecular weight is 403 g/mol. The van der Waals surface area contributed by atoms with Crippen molar-refractivity contribution >= 4 is 23.4 Å². The number of anilines is 3. The second-order valence-electron chi connectivity index (χ2n) is 8.73. The molecule has 0 saturated carbocycles. The minimum absolute atomic E-state index is 0.00199. The molecule has 154 valence electrons. The smallest absolute Gasteiger partial charge is 0.231 e. The Hall–Kier alpha value is -3.42. The lowest BCUT2D eigenvalue weighted by molar-refractivity contribution is 0.567. The zero-order chi connectivity index (χ0) is 20.7. The number of H-pyrrole nitrogens is 1. The molecule has 0 radical (unpaired) electrons. The van der Waals surface area contributed by atoms with Crippen molar-refractivity contribution in [3.8, 4) is 0 Å². The predicted octanol–water partition coefficient (Wildman–Crippen LogP) is 4.23. The van der Waals surface area contributed by atoms with E-state index in [1.807, 2.05) is 47.1 Å². The van der Waals surface area contributed by atoms with Crippen LogP contribution < -0.4 is 10.2 Å². The molecule has 30 heavy (non-hydrogen) atoms. The van der Waals surface area contributed by atoms with E-state index in [-0.39, 0.29) is 11.5 Å². The lowest BCUT2D eigenvalue weighted by Crippen LogP contribution is -2.26. The second-order valence-corrected chi connectivity index (χ2v) is 8.73. The Balaban J connectivity index is 1.51. The van der Waals surface area contributed by atoms with Gasteiger partial charge in [-0.05, 0) is 37.1 Å². The summed E-state index contributed by atoms with van der Waals surface area (Å²) in [6, 6.07) is 12.3. The molecule has 8 heteroatoms. The number of aromatic amines is 1. The number of nitrogens with one attached hydrogen (secondary N) is 2. The fraction of sp³-hybridized carbons (Fsp3) is 0.364. The first-order chi connectivity index (χ1) is 14.5. The van der Waals surface area contributed by atoms with Gasteiger partial charge in [-0.15, -0.1) is 0 Å². The van der Waals surface area contributed by atoms with E-state index in [0.717, 1.165) is 42.2 Å². The summed E-state index contributed by atoms with van der Waals surface area (Å²) in [5.41, 5.74) is 2.97. The van der Waals surface area contributed by atoms with Gasteiger partial charge in [0.1, 0.15) is 5.65 Å². The van der Waals surface area contributed by atoms with Crippen molar-refractivity contribution in [2.75, 3.05) is 16.8 Å². The van der Waals surface area contributed by atoms with Gasteiger partial charge in [0, 0.05) is 36.1 Å². The Morgan fingerprint density at radius 1 is 1.13 bits per heavy atom. The van der Waals surface area contributed by atoms with Crippen LogP contribution in [0.25, 0.3) is 5.65 Å². The molecule has 1 fully saturated rings. The zero-order valence-corrected chi connectivity index (χ0v) is 17.5. The summed E-state index contributed by atoms with van der Waals surface area (Å²) in [6.45, 7) is 7.38. The predicted molar refractivity (Wildman–Crippen MR) is 117 cm³/mol. The van der Waals surface area contributed by atoms with Gasteiger partial charge in [0.15, 0.2) is 5.82 Å². The molecule has 0 aliphatic carbocycles. The van der Waals surface area contributed by atoms with E-state index in [1.54, 1.807) is 0 Å². The first-order valence-electron chi connectivity index (χ1n) is 10.3. The van der Waals surface area contributed by atoms with Gasteiger partial charge in [-0.25, -0.2) is 0 Å². The Bertz CT molecular complexity index is 1150. The maximum atomic E-state index is 4.88. The van der Waals surface area contributed by atoms with Gasteiger partial charge in [-0.2, -0.15) is 15.1 Å². The fourth-order valence-electron chi connectivity index (χ4n) is 3.91. The quantitative estimate of drug-likeness (QED) is 0.531. The van der Waals surface area contributed by atoms with Crippen molar-refractivity contribution in [3.63, 3.8) is 0 Å². The van der Waals surface area contributed by atoms with Crippen molar-refractivity contribution in [2.24, 2.45) is 0 Å². The van der Waals surface area contributed by atoms with Gasteiger partial charge in [0.25, 0.3) is 0 Å². The number of rotatable bonds is 4. The number of fused-ring (bicyclic) bond motifs is 1. The van der Waals surface area contributed by atoms with Crippen LogP contribution in [0.2, 0.25) is 0 Å². The van der Waals surface area contributed by atoms with Crippen molar-refractivity contribution in [1.29, 1.82) is 0 Å². The molecule has 2 N–H and O–H groups in total. The van der Waals surface area contributed by atoms with Crippen LogP contribution in [0.5, 0.6) is 0 Å². The highest BCUT2D eigenvalue weighted by atomic mass is 15.4. The molecule has 5 rings (SSSR count). The highest BCUT2D eigenvalue weighted by Gasteiger charge is 2.30. The molecule has 0 aromatic carbocycles. The minimum Gasteiger partial charge on any atom is -0.332 e. The Kier molecular flexibility index (Phi) is 4.42. The monoisotopic (exact) mass is 402 g/mol. The van der Waals surface area contributed by atoms with Crippen LogP contribution in [0.4, 0.5) is 17.7 Å². The lowest BCUT2D eigenvalue weighted by Gasteiger charge is -2.24. The van der Waals surface area contributed by atoms with E-state index in [1.165, 1.54) is 0 Å². The summed E-state index contributed by atoms with van der Waals surface area (Å²) < 4.78 is 1.95. The standard InChI is InChI=1S/C22H26N8/c1-22(2,3)17-14-18(28-27-17)24-20-26-21(25-19-10-7-13-30(19)20)29-12-6-9-16(29)15-8-4-5-11-23-15/h4-5,7-8,10-11,13-14,16H,6,9,12H2,1-3H3,(H2,24,25,26,27,28). The molecule has 1 aliphatic heterocycles. The van der Waals surface area contributed by atoms with Crippen molar-refractivity contribution in [3.05, 3.63) is 60.2 Å². The average Bonchev–Trinajstić information content (AvgIpc) is 3.48. The van der Waals surface area contributed by atoms with Gasteiger partial charge in [-0.1, -0.05) is 26.8 Å². The molecule has 4 aromatic rings. The molecule has 0 bridgehead atoms. The number of hydrogen-bond donors (Lipinski definition) is 2. The summed E-state index contributed by atoms with van der Waals surface area (Å²) in [4.78, 5) is 16.5. The van der Waals surface area contributed by atoms with E-state index in [9.17, 15) is 0 Å². The molecule has 0 spiro atoms. The van der Waals surface area contributed by atoms with Crippen LogP contribution >= 0.6 is 0 Å². The Morgan fingerprint density at radius 3 is 2.80 bits per heavy atom. The summed E-state index contributed by atoms with van der Waals surface area (Å²) >= 11 is 0. The molecule has 1 atom stereocenters. The first kappa shape index (κ1) is 18.6. The maximum absolute atomic E-state index is 4.88. The largest absolute Gasteiger partial charge is 0.332 e. The van der Waals surface area contributed by atoms with E-state index in [2.05, 4.69) is 52.2 Å². The number of nitrogens with zero attached hydrogens (tertiary/aromatic N) is 6. The van der Waals surface area contributed by atoms with Gasteiger partial charge in [0.05, 0.1) is 11.7 Å². The second kappa shape index (κ2) is 7.12. The Morgan fingerprint density at radius 2 is 2.03 bits per heavy atom. The lowest BCUT2D eigenvalue weighted by atomic mass is 9.92. The minimum atomic E-state index is -0.00199. The van der Waals surface area contributed by atoms with Crippen LogP contribution in [-0.4, -0.2) is 36.1 Å². The summed E-state index contributed by atoms with van der Waals surface area (Å²) in [5, 5.41) is 10.9. The molecular weight excluding hydrogens is 376 g/mol. The molecule has 1 aliphatic rings. The van der Waals surface area contributed by atoms with Gasteiger partial charge < -0.3 is 10.2 Å². The summed E-state index contributed by atoms with van der Waals surface area (Å²) in [6.07, 6.45) is 5.94. The zero-order valence-electron chi connectivity index (χ0n) is 17.5. The van der Waals surface area contributed by atoms with Crippen LogP contribution in [0, 0.1) is 0 Å². The van der Waals surface area contributed by atoms with E-state index < -0.39 is 0 Å². The third-order valence-corrected chi connectivity index (χ3v) is 5.54. The highest BCUT2D eigenvalue weighted by Crippen LogP contribution is 2.34. The van der Waals surface area contributed by atoms with E-state index in [4.69, 9.17) is 9.97 Å². The van der Waals surface area contributed by atoms with Gasteiger partial charge in [0.2, 0.25) is 11.9 Å². The fourth-order valence-corrected chi connectivity index (χ4v) is 3.91. The SMILES string of the molecule is CC(C)(C)c1cc(Nc2nc(N3CCCC3c3ccccn3)nc3cccn23)n[nH]1. The van der Waals surface area contributed by atoms with E-state index in [0.29, 0.717) is 11.9 Å². The third-order valence-electron chi connectivity index (χ3n) is 5.54. The molecular formula is C22H26N8. The van der Waals surface area contributed by atoms with Crippen molar-refractivity contribution < 1.29 is 0 Å². The molecule has 1 saturated heterocycles. The number of pyridine rings is 1. The summed E-state index contributed by atoms with van der Waals surface area (Å²) in [7, 11) is 0. The summed E-state index contributed by atoms with van der Waals surface area (Å²) in [5.74, 6) is 2.14. The van der Waals surface area contributed by atoms with Crippen LogP contribution in [0.15, 0.2) is 48.8 Å². The topological polar surface area (TPSA) is 87.0 Å². The number of aromatic nitrogens is 6. The van der Waals surface area contributed by atoms with Gasteiger partial charge >= 0.3 is 0 Å². The Labute approximate surface area is 175 Å². The first-order valence-corrected chi connectivity index (χ1v) is 10.3.